The maximum Gasteiger partial charge on any atom is 0.243 e. The smallest absolute Gasteiger partial charge is 0.243 e. The van der Waals surface area contributed by atoms with Gasteiger partial charge in [-0.05, 0) is 77.2 Å². The molecule has 0 unspecified atom stereocenters. The van der Waals surface area contributed by atoms with Gasteiger partial charge in [0.25, 0.3) is 0 Å². The Labute approximate surface area is 169 Å². The zero-order chi connectivity index (χ0) is 18.6. The molecule has 0 aliphatic carbocycles. The van der Waals surface area contributed by atoms with Crippen molar-refractivity contribution in [3.05, 3.63) is 76.4 Å². The van der Waals surface area contributed by atoms with E-state index in [9.17, 15) is 4.79 Å². The second-order valence-corrected chi connectivity index (χ2v) is 7.22. The van der Waals surface area contributed by atoms with E-state index in [2.05, 4.69) is 38.2 Å². The molecule has 27 heavy (non-hydrogen) atoms. The molecular weight excluding hydrogens is 453 g/mol. The van der Waals surface area contributed by atoms with E-state index < -0.39 is 0 Å². The molecule has 0 fully saturated rings. The van der Waals surface area contributed by atoms with Gasteiger partial charge in [0.15, 0.2) is 5.58 Å². The Bertz CT molecular complexity index is 1080. The molecule has 0 saturated carbocycles. The van der Waals surface area contributed by atoms with Gasteiger partial charge in [-0.15, -0.1) is 0 Å². The number of rotatable bonds is 5. The van der Waals surface area contributed by atoms with Gasteiger partial charge in [0.05, 0.1) is 6.54 Å². The summed E-state index contributed by atoms with van der Waals surface area (Å²) < 4.78 is 6.92. The first-order valence-corrected chi connectivity index (χ1v) is 9.50. The molecule has 6 heteroatoms. The van der Waals surface area contributed by atoms with Crippen molar-refractivity contribution in [2.45, 2.75) is 0 Å². The van der Waals surface area contributed by atoms with Gasteiger partial charge < -0.3 is 15.1 Å². The van der Waals surface area contributed by atoms with E-state index in [1.54, 1.807) is 0 Å². The molecule has 0 atom stereocenters. The van der Waals surface area contributed by atoms with Gasteiger partial charge in [0.1, 0.15) is 5.52 Å². The quantitative estimate of drug-likeness (QED) is 0.397. The molecule has 2 N–H and O–H groups in total. The number of halogens is 1. The number of hydrogen-bond donors (Lipinski definition) is 2. The number of carbonyl (C=O) groups is 1. The lowest BCUT2D eigenvalue weighted by molar-refractivity contribution is -0.114. The van der Waals surface area contributed by atoms with Crippen LogP contribution >= 0.6 is 22.6 Å². The summed E-state index contributed by atoms with van der Waals surface area (Å²) >= 11 is 2.25. The van der Waals surface area contributed by atoms with Crippen LogP contribution in [-0.2, 0) is 4.79 Å². The highest BCUT2D eigenvalue weighted by atomic mass is 127. The lowest BCUT2D eigenvalue weighted by Crippen LogP contribution is -2.21. The average molecular weight is 469 g/mol. The third kappa shape index (κ3) is 4.28. The number of aromatic nitrogens is 1. The molecule has 4 rings (SSSR count). The van der Waals surface area contributed by atoms with Crippen molar-refractivity contribution in [1.82, 2.24) is 4.98 Å². The lowest BCUT2D eigenvalue weighted by Gasteiger charge is -2.08. The Morgan fingerprint density at radius 3 is 2.52 bits per heavy atom. The molecule has 1 aromatic heterocycles. The van der Waals surface area contributed by atoms with Gasteiger partial charge in [-0.1, -0.05) is 18.2 Å². The average Bonchev–Trinajstić information content (AvgIpc) is 3.11. The number of amides is 1. The summed E-state index contributed by atoms with van der Waals surface area (Å²) in [6, 6.07) is 23.0. The fraction of sp³-hybridized carbons (Fsp3) is 0.0476. The second kappa shape index (κ2) is 7.79. The molecule has 5 nitrogen and oxygen atoms in total. The summed E-state index contributed by atoms with van der Waals surface area (Å²) in [4.78, 5) is 16.6. The fourth-order valence-corrected chi connectivity index (χ4v) is 3.14. The Kier molecular flexibility index (Phi) is 5.06. The highest BCUT2D eigenvalue weighted by molar-refractivity contribution is 14.1. The number of anilines is 2. The first-order valence-electron chi connectivity index (χ1n) is 8.43. The Hall–Kier alpha value is -2.87. The topological polar surface area (TPSA) is 67.2 Å². The Morgan fingerprint density at radius 1 is 0.963 bits per heavy atom. The number of benzene rings is 3. The van der Waals surface area contributed by atoms with E-state index in [4.69, 9.17) is 4.42 Å². The number of carbonyl (C=O) groups excluding carboxylic acids is 1. The summed E-state index contributed by atoms with van der Waals surface area (Å²) in [6.45, 7) is 0.204. The first-order chi connectivity index (χ1) is 13.2. The number of nitrogens with one attached hydrogen (secondary N) is 2. The third-order valence-electron chi connectivity index (χ3n) is 3.99. The van der Waals surface area contributed by atoms with Gasteiger partial charge in [-0.2, -0.15) is 0 Å². The maximum absolute atomic E-state index is 12.1. The van der Waals surface area contributed by atoms with Crippen molar-refractivity contribution in [2.75, 3.05) is 17.2 Å². The number of hydrogen-bond acceptors (Lipinski definition) is 4. The monoisotopic (exact) mass is 469 g/mol. The van der Waals surface area contributed by atoms with Crippen LogP contribution in [0.25, 0.3) is 22.6 Å². The molecule has 134 valence electrons. The predicted octanol–water partition coefficient (Wildman–Crippen LogP) is 5.15. The zero-order valence-electron chi connectivity index (χ0n) is 14.3. The summed E-state index contributed by atoms with van der Waals surface area (Å²) in [7, 11) is 0. The molecule has 3 aromatic carbocycles. The molecule has 0 aliphatic heterocycles. The SMILES string of the molecule is O=C(CNc1ccccc1)Nc1ccc(-c2nc3cc(I)ccc3o2)cc1. The van der Waals surface area contributed by atoms with Crippen molar-refractivity contribution in [1.29, 1.82) is 0 Å². The third-order valence-corrected chi connectivity index (χ3v) is 4.66. The number of fused-ring (bicyclic) bond motifs is 1. The molecule has 0 radical (unpaired) electrons. The lowest BCUT2D eigenvalue weighted by atomic mass is 10.2. The minimum atomic E-state index is -0.108. The highest BCUT2D eigenvalue weighted by Gasteiger charge is 2.09. The molecule has 0 bridgehead atoms. The highest BCUT2D eigenvalue weighted by Crippen LogP contribution is 2.26. The summed E-state index contributed by atoms with van der Waals surface area (Å²) in [5.41, 5.74) is 4.09. The molecule has 1 amide bonds. The zero-order valence-corrected chi connectivity index (χ0v) is 16.4. The molecule has 0 saturated heterocycles. The van der Waals surface area contributed by atoms with Crippen LogP contribution in [-0.4, -0.2) is 17.4 Å². The standard InChI is InChI=1S/C21H16IN3O2/c22-15-8-11-19-18(12-15)25-21(27-19)14-6-9-17(10-7-14)24-20(26)13-23-16-4-2-1-3-5-16/h1-12,23H,13H2,(H,24,26). The summed E-state index contributed by atoms with van der Waals surface area (Å²) in [5, 5.41) is 5.96. The van der Waals surface area contributed by atoms with Crippen LogP contribution in [0.5, 0.6) is 0 Å². The normalized spacial score (nSPS) is 10.7. The van der Waals surface area contributed by atoms with E-state index in [0.717, 1.165) is 31.6 Å². The van der Waals surface area contributed by atoms with Crippen molar-refractivity contribution in [3.63, 3.8) is 0 Å². The molecule has 0 aliphatic rings. The van der Waals surface area contributed by atoms with Gasteiger partial charge >= 0.3 is 0 Å². The van der Waals surface area contributed by atoms with Crippen LogP contribution < -0.4 is 10.6 Å². The Morgan fingerprint density at radius 2 is 1.74 bits per heavy atom. The Balaban J connectivity index is 1.41. The van der Waals surface area contributed by atoms with Gasteiger partial charge in [0, 0.05) is 20.5 Å². The van der Waals surface area contributed by atoms with Crippen LogP contribution in [0.4, 0.5) is 11.4 Å². The van der Waals surface area contributed by atoms with Crippen LogP contribution in [0.1, 0.15) is 0 Å². The van der Waals surface area contributed by atoms with E-state index in [1.165, 1.54) is 0 Å². The number of oxazole rings is 1. The van der Waals surface area contributed by atoms with Crippen molar-refractivity contribution >= 4 is 51.0 Å². The largest absolute Gasteiger partial charge is 0.436 e. The van der Waals surface area contributed by atoms with Crippen LogP contribution in [0.2, 0.25) is 0 Å². The molecule has 4 aromatic rings. The second-order valence-electron chi connectivity index (χ2n) is 5.98. The first kappa shape index (κ1) is 17.5. The minimum Gasteiger partial charge on any atom is -0.436 e. The van der Waals surface area contributed by atoms with Gasteiger partial charge in [-0.3, -0.25) is 4.79 Å². The molecule has 1 heterocycles. The summed E-state index contributed by atoms with van der Waals surface area (Å²) in [5.74, 6) is 0.457. The minimum absolute atomic E-state index is 0.108. The number of nitrogens with zero attached hydrogens (tertiary/aromatic N) is 1. The number of para-hydroxylation sites is 1. The van der Waals surface area contributed by atoms with E-state index in [1.807, 2.05) is 72.8 Å². The van der Waals surface area contributed by atoms with Gasteiger partial charge in [0.2, 0.25) is 11.8 Å². The molecular formula is C21H16IN3O2. The van der Waals surface area contributed by atoms with Crippen molar-refractivity contribution < 1.29 is 9.21 Å². The van der Waals surface area contributed by atoms with E-state index in [-0.39, 0.29) is 12.5 Å². The van der Waals surface area contributed by atoms with Crippen molar-refractivity contribution in [3.8, 4) is 11.5 Å². The van der Waals surface area contributed by atoms with Crippen LogP contribution in [0.3, 0.4) is 0 Å². The predicted molar refractivity (Wildman–Crippen MR) is 116 cm³/mol. The van der Waals surface area contributed by atoms with Crippen LogP contribution in [0.15, 0.2) is 77.2 Å². The van der Waals surface area contributed by atoms with E-state index >= 15 is 0 Å². The summed E-state index contributed by atoms with van der Waals surface area (Å²) in [6.07, 6.45) is 0. The van der Waals surface area contributed by atoms with E-state index in [0.29, 0.717) is 5.89 Å². The van der Waals surface area contributed by atoms with Gasteiger partial charge in [-0.25, -0.2) is 4.98 Å². The van der Waals surface area contributed by atoms with Crippen LogP contribution in [0, 0.1) is 3.57 Å². The fourth-order valence-electron chi connectivity index (χ4n) is 2.66. The van der Waals surface area contributed by atoms with Crippen molar-refractivity contribution in [2.24, 2.45) is 0 Å². The maximum atomic E-state index is 12.1. The molecule has 0 spiro atoms.